The van der Waals surface area contributed by atoms with Crippen molar-refractivity contribution in [1.29, 1.82) is 0 Å². The number of unbranched alkanes of at least 4 members (excludes halogenated alkanes) is 1. The van der Waals surface area contributed by atoms with Crippen LogP contribution in [0, 0.1) is 17.8 Å². The van der Waals surface area contributed by atoms with Crippen LogP contribution in [0.3, 0.4) is 0 Å². The van der Waals surface area contributed by atoms with Crippen molar-refractivity contribution < 1.29 is 58.2 Å². The molecule has 1 heterocycles. The minimum atomic E-state index is -1.74. The number of aromatic nitrogens is 2. The summed E-state index contributed by atoms with van der Waals surface area (Å²) < 4.78 is 0. The summed E-state index contributed by atoms with van der Waals surface area (Å²) in [7, 11) is 0. The molecule has 26 nitrogen and oxygen atoms in total. The highest BCUT2D eigenvalue weighted by atomic mass is 16.4. The zero-order valence-corrected chi connectivity index (χ0v) is 45.2. The second-order valence-corrected chi connectivity index (χ2v) is 20.9. The van der Waals surface area contributed by atoms with Gasteiger partial charge in [0.1, 0.15) is 48.3 Å². The number of guanidine groups is 1. The van der Waals surface area contributed by atoms with E-state index < -0.39 is 114 Å². The molecule has 1 aromatic heterocycles. The van der Waals surface area contributed by atoms with Crippen molar-refractivity contribution in [2.24, 2.45) is 39.9 Å². The first-order chi connectivity index (χ1) is 36.6. The topological polar surface area (TPSA) is 426 Å². The summed E-state index contributed by atoms with van der Waals surface area (Å²) in [6, 6.07) is -10.4. The summed E-state index contributed by atoms with van der Waals surface area (Å²) in [5.74, 6) is -9.18. The van der Waals surface area contributed by atoms with Crippen molar-refractivity contribution >= 4 is 65.2 Å². The smallest absolute Gasteiger partial charge is 0.326 e. The van der Waals surface area contributed by atoms with Crippen LogP contribution in [0.4, 0.5) is 0 Å². The Balaban J connectivity index is 1.89. The Morgan fingerprint density at radius 2 is 1.09 bits per heavy atom. The number of imidazole rings is 1. The number of rotatable bonds is 34. The fourth-order valence-corrected chi connectivity index (χ4v) is 9.69. The average molecular weight is 1090 g/mol. The zero-order valence-electron chi connectivity index (χ0n) is 45.2. The molecule has 17 N–H and O–H groups in total. The SMILES string of the molecule is CC(=O)N[C@@H](Cc1cnc[nH]1)C(=O)N[C@@H](CCCCN)C(=O)N[C@@H](CC(=O)O)C(=O)N[C@@H](CC1CCCCC1)C(=O)N[C@H](CC1CCCCC1)C(=O)N[C@@H](CC(C)C)C(=O)N[C@H](C)C(=O)N[C@@H](CCCN=C(N)N)C(=O)O. The maximum Gasteiger partial charge on any atom is 0.326 e. The highest BCUT2D eigenvalue weighted by molar-refractivity contribution is 5.98. The number of carboxylic acid groups (broad SMARTS) is 2. The normalized spacial score (nSPS) is 17.1. The van der Waals surface area contributed by atoms with E-state index in [-0.39, 0.29) is 81.7 Å². The van der Waals surface area contributed by atoms with Gasteiger partial charge in [-0.2, -0.15) is 0 Å². The van der Waals surface area contributed by atoms with Crippen molar-refractivity contribution in [3.63, 3.8) is 0 Å². The van der Waals surface area contributed by atoms with Gasteiger partial charge < -0.3 is 74.9 Å². The molecule has 8 atom stereocenters. The van der Waals surface area contributed by atoms with E-state index in [2.05, 4.69) is 57.5 Å². The van der Waals surface area contributed by atoms with Crippen LogP contribution in [0.5, 0.6) is 0 Å². The third-order valence-corrected chi connectivity index (χ3v) is 13.8. The van der Waals surface area contributed by atoms with Crippen LogP contribution < -0.4 is 59.7 Å². The number of aliphatic carboxylic acids is 2. The van der Waals surface area contributed by atoms with Crippen molar-refractivity contribution in [2.45, 2.75) is 204 Å². The number of hydrogen-bond donors (Lipinski definition) is 14. The number of hydrogen-bond acceptors (Lipinski definition) is 13. The molecular formula is C51H86N14O12. The van der Waals surface area contributed by atoms with Gasteiger partial charge in [0.15, 0.2) is 5.96 Å². The number of amides is 8. The second-order valence-electron chi connectivity index (χ2n) is 20.9. The molecule has 432 valence electrons. The van der Waals surface area contributed by atoms with Gasteiger partial charge in [-0.25, -0.2) is 9.78 Å². The maximum atomic E-state index is 14.7. The molecule has 1 aromatic rings. The number of nitrogens with two attached hydrogens (primary N) is 3. The van der Waals surface area contributed by atoms with Crippen molar-refractivity contribution in [2.75, 3.05) is 13.1 Å². The molecule has 2 aliphatic carbocycles. The predicted molar refractivity (Wildman–Crippen MR) is 284 cm³/mol. The van der Waals surface area contributed by atoms with Crippen LogP contribution in [0.25, 0.3) is 0 Å². The highest BCUT2D eigenvalue weighted by Crippen LogP contribution is 2.29. The summed E-state index contributed by atoms with van der Waals surface area (Å²) in [6.07, 6.45) is 12.1. The van der Waals surface area contributed by atoms with E-state index in [0.717, 1.165) is 64.2 Å². The lowest BCUT2D eigenvalue weighted by molar-refractivity contribution is -0.142. The molecule has 0 radical (unpaired) electrons. The number of aliphatic imine (C=N–C) groups is 1. The lowest BCUT2D eigenvalue weighted by Crippen LogP contribution is -2.60. The highest BCUT2D eigenvalue weighted by Gasteiger charge is 2.37. The van der Waals surface area contributed by atoms with Crippen LogP contribution in [0.15, 0.2) is 17.5 Å². The van der Waals surface area contributed by atoms with E-state index in [1.807, 2.05) is 13.8 Å². The van der Waals surface area contributed by atoms with Crippen LogP contribution in [-0.4, -0.2) is 147 Å². The fourth-order valence-electron chi connectivity index (χ4n) is 9.69. The summed E-state index contributed by atoms with van der Waals surface area (Å²) in [6.45, 7) is 6.66. The Bertz CT molecular complexity index is 2130. The molecule has 3 rings (SSSR count). The second kappa shape index (κ2) is 34.0. The average Bonchev–Trinajstić information content (AvgIpc) is 3.89. The van der Waals surface area contributed by atoms with E-state index in [9.17, 15) is 58.2 Å². The van der Waals surface area contributed by atoms with Crippen LogP contribution in [-0.2, 0) is 54.4 Å². The number of H-pyrrole nitrogens is 1. The maximum absolute atomic E-state index is 14.7. The van der Waals surface area contributed by atoms with Gasteiger partial charge in [0.05, 0.1) is 12.7 Å². The molecular weight excluding hydrogens is 1000 g/mol. The van der Waals surface area contributed by atoms with Gasteiger partial charge in [-0.1, -0.05) is 78.1 Å². The van der Waals surface area contributed by atoms with E-state index in [1.54, 1.807) is 0 Å². The quantitative estimate of drug-likeness (QED) is 0.0237. The van der Waals surface area contributed by atoms with E-state index >= 15 is 0 Å². The Labute approximate surface area is 450 Å². The molecule has 0 aromatic carbocycles. The van der Waals surface area contributed by atoms with Crippen LogP contribution in [0.2, 0.25) is 0 Å². The molecule has 77 heavy (non-hydrogen) atoms. The molecule has 0 aliphatic heterocycles. The molecule has 0 bridgehead atoms. The Morgan fingerprint density at radius 3 is 1.58 bits per heavy atom. The number of carbonyl (C=O) groups excluding carboxylic acids is 8. The number of aromatic amines is 1. The molecule has 0 unspecified atom stereocenters. The van der Waals surface area contributed by atoms with Gasteiger partial charge >= 0.3 is 11.9 Å². The first-order valence-corrected chi connectivity index (χ1v) is 27.1. The summed E-state index contributed by atoms with van der Waals surface area (Å²) in [5.41, 5.74) is 16.9. The predicted octanol–water partition coefficient (Wildman–Crippen LogP) is -0.401. The molecule has 2 saturated carbocycles. The zero-order chi connectivity index (χ0) is 57.0. The Morgan fingerprint density at radius 1 is 0.610 bits per heavy atom. The fraction of sp³-hybridized carbons (Fsp3) is 0.725. The lowest BCUT2D eigenvalue weighted by atomic mass is 9.83. The van der Waals surface area contributed by atoms with Crippen LogP contribution in [0.1, 0.15) is 155 Å². The first kappa shape index (κ1) is 64.4. The molecule has 26 heteroatoms. The molecule has 2 fully saturated rings. The number of nitrogens with zero attached hydrogens (tertiary/aromatic N) is 2. The van der Waals surface area contributed by atoms with Gasteiger partial charge in [0.25, 0.3) is 0 Å². The van der Waals surface area contributed by atoms with Gasteiger partial charge in [-0.05, 0) is 82.6 Å². The van der Waals surface area contributed by atoms with Crippen molar-refractivity contribution in [3.05, 3.63) is 18.2 Å². The third kappa shape index (κ3) is 24.8. The molecule has 0 saturated heterocycles. The summed E-state index contributed by atoms with van der Waals surface area (Å²) >= 11 is 0. The van der Waals surface area contributed by atoms with E-state index in [4.69, 9.17) is 17.2 Å². The van der Waals surface area contributed by atoms with E-state index in [1.165, 1.54) is 26.4 Å². The van der Waals surface area contributed by atoms with Gasteiger partial charge in [0.2, 0.25) is 47.3 Å². The molecule has 8 amide bonds. The number of nitrogens with one attached hydrogen (secondary N) is 9. The number of carbonyl (C=O) groups is 10. The standard InChI is InChI=1S/C51H86N14O12/c1-29(2)22-37(45(71)58-30(3)43(69)61-36(50(76)77)19-13-21-56-51(53)54)62-46(72)38(23-32-14-7-5-8-15-32)63-47(73)39(24-33-16-9-6-10-17-33)64-49(75)41(26-42(67)68)65-44(70)35(18-11-12-20-52)60-48(74)40(59-31(4)66)25-34-27-55-28-57-34/h27-30,32-33,35-41H,5-26,52H2,1-4H3,(H,55,57)(H,58,71)(H,59,66)(H,60,74)(H,61,69)(H,62,72)(H,63,73)(H,64,75)(H,65,70)(H,67,68)(H,76,77)(H4,53,54,56)/t30-,35+,36+,37+,38-,39+,40+,41+/m1/s1. The van der Waals surface area contributed by atoms with Gasteiger partial charge in [0, 0.05) is 31.8 Å². The van der Waals surface area contributed by atoms with E-state index in [0.29, 0.717) is 18.5 Å². The largest absolute Gasteiger partial charge is 0.481 e. The molecule has 0 spiro atoms. The third-order valence-electron chi connectivity index (χ3n) is 13.8. The van der Waals surface area contributed by atoms with Gasteiger partial charge in [-0.3, -0.25) is 48.1 Å². The first-order valence-electron chi connectivity index (χ1n) is 27.1. The van der Waals surface area contributed by atoms with Crippen LogP contribution >= 0.6 is 0 Å². The van der Waals surface area contributed by atoms with Crippen molar-refractivity contribution in [3.8, 4) is 0 Å². The monoisotopic (exact) mass is 1090 g/mol. The Kier molecular flexibility index (Phi) is 28.5. The van der Waals surface area contributed by atoms with Crippen molar-refractivity contribution in [1.82, 2.24) is 52.5 Å². The minimum Gasteiger partial charge on any atom is -0.481 e. The summed E-state index contributed by atoms with van der Waals surface area (Å²) in [4.78, 5) is 145. The van der Waals surface area contributed by atoms with Gasteiger partial charge in [-0.15, -0.1) is 0 Å². The number of carboxylic acids is 2. The summed E-state index contributed by atoms with van der Waals surface area (Å²) in [5, 5.41) is 40.8. The Hall–Kier alpha value is -6.86. The lowest BCUT2D eigenvalue weighted by Gasteiger charge is -2.31. The molecule has 2 aliphatic rings. The minimum absolute atomic E-state index is 0.00131.